The molecule has 1 aliphatic carbocycles. The first-order valence-corrected chi connectivity index (χ1v) is 11.9. The molecule has 3 heteroatoms. The monoisotopic (exact) mass is 455 g/mol. The second-order valence-corrected chi connectivity index (χ2v) is 9.38. The lowest BCUT2D eigenvalue weighted by molar-refractivity contribution is -0.126. The summed E-state index contributed by atoms with van der Waals surface area (Å²) in [5, 5.41) is 4.66. The molecule has 4 aromatic carbocycles. The smallest absolute Gasteiger partial charge is 0.207 e. The van der Waals surface area contributed by atoms with E-state index in [1.54, 1.807) is 0 Å². The molecule has 0 radical (unpaired) electrons. The molecule has 0 N–H and O–H groups in total. The van der Waals surface area contributed by atoms with E-state index in [1.165, 1.54) is 0 Å². The minimum absolute atomic E-state index is 0.0169. The fourth-order valence-electron chi connectivity index (χ4n) is 5.61. The van der Waals surface area contributed by atoms with Gasteiger partial charge in [-0.25, -0.2) is 0 Å². The van der Waals surface area contributed by atoms with Gasteiger partial charge in [-0.1, -0.05) is 126 Å². The molecule has 0 bridgehead atoms. The molecule has 0 unspecified atom stereocenters. The third kappa shape index (κ3) is 2.91. The van der Waals surface area contributed by atoms with Crippen LogP contribution in [0, 0.1) is 12.3 Å². The van der Waals surface area contributed by atoms with Crippen LogP contribution in [0.4, 0.5) is 0 Å². The number of carbonyl (C=O) groups excluding carboxylic acids is 1. The van der Waals surface area contributed by atoms with Gasteiger partial charge in [0.2, 0.25) is 5.60 Å². The Morgan fingerprint density at radius 1 is 0.657 bits per heavy atom. The molecule has 4 aromatic rings. The van der Waals surface area contributed by atoms with E-state index in [0.29, 0.717) is 11.3 Å². The number of Topliss-reactive ketones (excluding diaryl/α,β-unsaturated/α-hetero) is 1. The molecule has 0 saturated carbocycles. The molecule has 6 rings (SSSR count). The minimum atomic E-state index is -1.10. The maximum absolute atomic E-state index is 14.7. The average Bonchev–Trinajstić information content (AvgIpc) is 3.33. The molecule has 0 spiro atoms. The number of oxime groups is 1. The predicted octanol–water partition coefficient (Wildman–Crippen LogP) is 6.82. The largest absolute Gasteiger partial charge is 0.378 e. The van der Waals surface area contributed by atoms with Crippen LogP contribution in [-0.2, 0) is 15.2 Å². The number of nitrogens with zero attached hydrogens (tertiary/aromatic N) is 1. The molecular weight excluding hydrogens is 430 g/mol. The van der Waals surface area contributed by atoms with Crippen molar-refractivity contribution in [3.8, 4) is 0 Å². The summed E-state index contributed by atoms with van der Waals surface area (Å²) in [4.78, 5) is 21.3. The standard InChI is InChI=1S/C32H25NO2/c1-22-18-20-25(21-19-22)29-31(2)30(34)27(23-12-6-3-7-13-23)28(24-14-8-4-9-15-24)32(31,35-33-29)26-16-10-5-11-17-26/h3-21H,1-2H3/t31-,32+/m0/s1. The van der Waals surface area contributed by atoms with Crippen LogP contribution in [0.15, 0.2) is 120 Å². The Kier molecular flexibility index (Phi) is 4.82. The van der Waals surface area contributed by atoms with Crippen LogP contribution in [0.25, 0.3) is 11.1 Å². The van der Waals surface area contributed by atoms with Crippen molar-refractivity contribution in [2.75, 3.05) is 0 Å². The molecule has 1 aliphatic heterocycles. The van der Waals surface area contributed by atoms with Crippen molar-refractivity contribution in [1.82, 2.24) is 0 Å². The van der Waals surface area contributed by atoms with Gasteiger partial charge < -0.3 is 4.84 Å². The van der Waals surface area contributed by atoms with Crippen LogP contribution < -0.4 is 0 Å². The Balaban J connectivity index is 1.70. The van der Waals surface area contributed by atoms with Crippen molar-refractivity contribution in [3.05, 3.63) is 143 Å². The van der Waals surface area contributed by atoms with Crippen molar-refractivity contribution in [3.63, 3.8) is 0 Å². The van der Waals surface area contributed by atoms with Crippen molar-refractivity contribution in [1.29, 1.82) is 0 Å². The second-order valence-electron chi connectivity index (χ2n) is 9.38. The zero-order chi connectivity index (χ0) is 24.0. The van der Waals surface area contributed by atoms with Gasteiger partial charge in [0.1, 0.15) is 11.1 Å². The van der Waals surface area contributed by atoms with E-state index in [4.69, 9.17) is 4.84 Å². The van der Waals surface area contributed by atoms with E-state index in [0.717, 1.165) is 33.4 Å². The van der Waals surface area contributed by atoms with Crippen LogP contribution in [0.2, 0.25) is 0 Å². The lowest BCUT2D eigenvalue weighted by Crippen LogP contribution is -2.47. The molecule has 170 valence electrons. The Labute approximate surface area is 205 Å². The highest BCUT2D eigenvalue weighted by Crippen LogP contribution is 2.65. The van der Waals surface area contributed by atoms with Gasteiger partial charge in [0.25, 0.3) is 0 Å². The summed E-state index contributed by atoms with van der Waals surface area (Å²) in [5.41, 5.74) is 4.83. The van der Waals surface area contributed by atoms with Gasteiger partial charge >= 0.3 is 0 Å². The highest BCUT2D eigenvalue weighted by Gasteiger charge is 2.71. The Morgan fingerprint density at radius 2 is 1.20 bits per heavy atom. The van der Waals surface area contributed by atoms with Crippen LogP contribution in [-0.4, -0.2) is 11.5 Å². The van der Waals surface area contributed by atoms with Gasteiger partial charge in [-0.3, -0.25) is 4.79 Å². The fraction of sp³-hybridized carbons (Fsp3) is 0.125. The van der Waals surface area contributed by atoms with Gasteiger partial charge in [-0.15, -0.1) is 0 Å². The Hall–Kier alpha value is -4.24. The maximum atomic E-state index is 14.7. The molecule has 35 heavy (non-hydrogen) atoms. The molecular formula is C32H25NO2. The first-order chi connectivity index (χ1) is 17.1. The summed E-state index contributed by atoms with van der Waals surface area (Å²) in [6.07, 6.45) is 0. The minimum Gasteiger partial charge on any atom is -0.378 e. The van der Waals surface area contributed by atoms with Gasteiger partial charge in [0.15, 0.2) is 5.78 Å². The molecule has 0 amide bonds. The highest BCUT2D eigenvalue weighted by atomic mass is 16.7. The number of rotatable bonds is 4. The van der Waals surface area contributed by atoms with Crippen molar-refractivity contribution < 1.29 is 9.63 Å². The molecule has 1 heterocycles. The number of fused-ring (bicyclic) bond motifs is 1. The molecule has 0 aromatic heterocycles. The molecule has 2 aliphatic rings. The van der Waals surface area contributed by atoms with E-state index in [1.807, 2.05) is 110 Å². The van der Waals surface area contributed by atoms with E-state index >= 15 is 0 Å². The normalized spacial score (nSPS) is 23.1. The second kappa shape index (κ2) is 7.92. The van der Waals surface area contributed by atoms with Crippen molar-refractivity contribution >= 4 is 22.6 Å². The average molecular weight is 456 g/mol. The molecule has 0 fully saturated rings. The van der Waals surface area contributed by atoms with E-state index in [2.05, 4.69) is 24.2 Å². The topological polar surface area (TPSA) is 38.7 Å². The summed E-state index contributed by atoms with van der Waals surface area (Å²) >= 11 is 0. The first kappa shape index (κ1) is 21.3. The fourth-order valence-corrected chi connectivity index (χ4v) is 5.61. The zero-order valence-electron chi connectivity index (χ0n) is 19.7. The zero-order valence-corrected chi connectivity index (χ0v) is 19.7. The van der Waals surface area contributed by atoms with Crippen LogP contribution >= 0.6 is 0 Å². The number of hydrogen-bond donors (Lipinski definition) is 0. The Morgan fingerprint density at radius 3 is 1.80 bits per heavy atom. The molecule has 3 nitrogen and oxygen atoms in total. The third-order valence-electron chi connectivity index (χ3n) is 7.37. The van der Waals surface area contributed by atoms with E-state index < -0.39 is 11.0 Å². The number of allylic oxidation sites excluding steroid dienone is 1. The summed E-state index contributed by atoms with van der Waals surface area (Å²) in [6, 6.07) is 38.2. The van der Waals surface area contributed by atoms with Gasteiger partial charge in [-0.05, 0) is 25.0 Å². The number of ketones is 1. The van der Waals surface area contributed by atoms with E-state index in [9.17, 15) is 4.79 Å². The van der Waals surface area contributed by atoms with Crippen LogP contribution in [0.5, 0.6) is 0 Å². The van der Waals surface area contributed by atoms with E-state index in [-0.39, 0.29) is 5.78 Å². The van der Waals surface area contributed by atoms with Gasteiger partial charge in [0, 0.05) is 22.3 Å². The first-order valence-electron chi connectivity index (χ1n) is 11.9. The highest BCUT2D eigenvalue weighted by molar-refractivity contribution is 6.43. The van der Waals surface area contributed by atoms with Crippen LogP contribution in [0.3, 0.4) is 0 Å². The molecule has 0 saturated heterocycles. The summed E-state index contributed by atoms with van der Waals surface area (Å²) < 4.78 is 0. The summed E-state index contributed by atoms with van der Waals surface area (Å²) in [5.74, 6) is 0.0169. The summed E-state index contributed by atoms with van der Waals surface area (Å²) in [7, 11) is 0. The molecule has 2 atom stereocenters. The van der Waals surface area contributed by atoms with Crippen LogP contribution in [0.1, 0.15) is 34.7 Å². The number of carbonyl (C=O) groups is 1. The SMILES string of the molecule is Cc1ccc(C2=NO[C@]3(c4ccccc4)C(c4ccccc4)=C(c4ccccc4)C(=O)[C@]23C)cc1. The van der Waals surface area contributed by atoms with Crippen molar-refractivity contribution in [2.45, 2.75) is 19.4 Å². The van der Waals surface area contributed by atoms with Crippen molar-refractivity contribution in [2.24, 2.45) is 10.6 Å². The predicted molar refractivity (Wildman–Crippen MR) is 140 cm³/mol. The Bertz CT molecular complexity index is 1470. The maximum Gasteiger partial charge on any atom is 0.207 e. The number of hydrogen-bond acceptors (Lipinski definition) is 3. The third-order valence-corrected chi connectivity index (χ3v) is 7.37. The summed E-state index contributed by atoms with van der Waals surface area (Å²) in [6.45, 7) is 4.04. The quantitative estimate of drug-likeness (QED) is 0.338. The number of benzene rings is 4. The lowest BCUT2D eigenvalue weighted by Gasteiger charge is -2.37. The van der Waals surface area contributed by atoms with Gasteiger partial charge in [0.05, 0.1) is 0 Å². The number of aryl methyl sites for hydroxylation is 1. The van der Waals surface area contributed by atoms with Gasteiger partial charge in [-0.2, -0.15) is 0 Å². The lowest BCUT2D eigenvalue weighted by atomic mass is 9.64.